The second-order valence-electron chi connectivity index (χ2n) is 3.21. The second-order valence-corrected chi connectivity index (χ2v) is 4.38. The standard InChI is InChI=1S/C9H13NS/c1-3-8-10-9-6(2)4-5-7(9)11-8/h6H,3-5H2,1-2H3. The molecule has 1 heterocycles. The molecule has 0 fully saturated rings. The number of fused-ring (bicyclic) bond motifs is 1. The molecule has 1 aromatic rings. The fraction of sp³-hybridized carbons (Fsp3) is 0.667. The third-order valence-electron chi connectivity index (χ3n) is 2.35. The summed E-state index contributed by atoms with van der Waals surface area (Å²) in [4.78, 5) is 6.16. The molecule has 1 aliphatic rings. The van der Waals surface area contributed by atoms with Gasteiger partial charge in [0, 0.05) is 4.88 Å². The minimum atomic E-state index is 0.724. The average molecular weight is 167 g/mol. The molecule has 0 N–H and O–H groups in total. The summed E-state index contributed by atoms with van der Waals surface area (Å²) in [6, 6.07) is 0. The van der Waals surface area contributed by atoms with E-state index in [9.17, 15) is 0 Å². The number of aromatic nitrogens is 1. The van der Waals surface area contributed by atoms with Gasteiger partial charge in [-0.25, -0.2) is 4.98 Å². The topological polar surface area (TPSA) is 12.9 Å². The zero-order chi connectivity index (χ0) is 7.84. The molecule has 0 radical (unpaired) electrons. The van der Waals surface area contributed by atoms with Crippen molar-refractivity contribution in [1.82, 2.24) is 4.98 Å². The molecule has 11 heavy (non-hydrogen) atoms. The van der Waals surface area contributed by atoms with Crippen molar-refractivity contribution in [2.75, 3.05) is 0 Å². The van der Waals surface area contributed by atoms with Crippen LogP contribution in [-0.2, 0) is 12.8 Å². The van der Waals surface area contributed by atoms with Gasteiger partial charge < -0.3 is 0 Å². The summed E-state index contributed by atoms with van der Waals surface area (Å²) in [5.41, 5.74) is 1.40. The number of hydrogen-bond donors (Lipinski definition) is 0. The molecular weight excluding hydrogens is 154 g/mol. The molecule has 2 heteroatoms. The summed E-state index contributed by atoms with van der Waals surface area (Å²) in [5.74, 6) is 0.724. The smallest absolute Gasteiger partial charge is 0.0928 e. The summed E-state index contributed by atoms with van der Waals surface area (Å²) in [6.45, 7) is 4.46. The van der Waals surface area contributed by atoms with Crippen molar-refractivity contribution >= 4 is 11.3 Å². The van der Waals surface area contributed by atoms with Gasteiger partial charge in [-0.05, 0) is 25.2 Å². The van der Waals surface area contributed by atoms with Gasteiger partial charge in [0.15, 0.2) is 0 Å². The van der Waals surface area contributed by atoms with Gasteiger partial charge in [-0.2, -0.15) is 0 Å². The second kappa shape index (κ2) is 2.59. The lowest BCUT2D eigenvalue weighted by Gasteiger charge is -1.96. The molecule has 60 valence electrons. The fourth-order valence-electron chi connectivity index (χ4n) is 1.61. The highest BCUT2D eigenvalue weighted by molar-refractivity contribution is 7.11. The summed E-state index contributed by atoms with van der Waals surface area (Å²) in [5, 5.41) is 1.32. The van der Waals surface area contributed by atoms with Crippen LogP contribution in [0.4, 0.5) is 0 Å². The number of rotatable bonds is 1. The molecule has 1 aliphatic carbocycles. The molecule has 1 unspecified atom stereocenters. The van der Waals surface area contributed by atoms with Gasteiger partial charge >= 0.3 is 0 Å². The van der Waals surface area contributed by atoms with E-state index >= 15 is 0 Å². The van der Waals surface area contributed by atoms with E-state index in [4.69, 9.17) is 0 Å². The minimum Gasteiger partial charge on any atom is -0.246 e. The van der Waals surface area contributed by atoms with Crippen LogP contribution >= 0.6 is 11.3 Å². The van der Waals surface area contributed by atoms with Crippen molar-refractivity contribution in [3.8, 4) is 0 Å². The summed E-state index contributed by atoms with van der Waals surface area (Å²) in [7, 11) is 0. The highest BCUT2D eigenvalue weighted by atomic mass is 32.1. The lowest BCUT2D eigenvalue weighted by Crippen LogP contribution is -1.87. The van der Waals surface area contributed by atoms with E-state index in [0.717, 1.165) is 12.3 Å². The molecule has 1 nitrogen and oxygen atoms in total. The lowest BCUT2D eigenvalue weighted by molar-refractivity contribution is 0.727. The maximum atomic E-state index is 4.61. The van der Waals surface area contributed by atoms with Crippen LogP contribution < -0.4 is 0 Å². The predicted molar refractivity (Wildman–Crippen MR) is 48.2 cm³/mol. The summed E-state index contributed by atoms with van der Waals surface area (Å²) in [6.07, 6.45) is 3.69. The van der Waals surface area contributed by atoms with Crippen molar-refractivity contribution in [3.05, 3.63) is 15.6 Å². The zero-order valence-electron chi connectivity index (χ0n) is 7.05. The van der Waals surface area contributed by atoms with E-state index in [0.29, 0.717) is 0 Å². The number of nitrogens with zero attached hydrogens (tertiary/aromatic N) is 1. The van der Waals surface area contributed by atoms with E-state index in [1.807, 2.05) is 11.3 Å². The van der Waals surface area contributed by atoms with Crippen LogP contribution in [0.1, 0.15) is 41.8 Å². The number of aryl methyl sites for hydroxylation is 2. The first-order valence-corrected chi connectivity index (χ1v) is 5.11. The molecule has 0 aromatic carbocycles. The van der Waals surface area contributed by atoms with Crippen molar-refractivity contribution < 1.29 is 0 Å². The first-order chi connectivity index (χ1) is 5.31. The van der Waals surface area contributed by atoms with Crippen molar-refractivity contribution in [3.63, 3.8) is 0 Å². The van der Waals surface area contributed by atoms with Crippen LogP contribution in [0.15, 0.2) is 0 Å². The number of hydrogen-bond acceptors (Lipinski definition) is 2. The van der Waals surface area contributed by atoms with Gasteiger partial charge in [-0.3, -0.25) is 0 Å². The monoisotopic (exact) mass is 167 g/mol. The van der Waals surface area contributed by atoms with Gasteiger partial charge in [0.1, 0.15) is 0 Å². The Bertz CT molecular complexity index is 265. The Kier molecular flexibility index (Phi) is 1.72. The Morgan fingerprint density at radius 2 is 2.45 bits per heavy atom. The number of thiazole rings is 1. The van der Waals surface area contributed by atoms with E-state index in [1.165, 1.54) is 23.5 Å². The first kappa shape index (κ1) is 7.29. The van der Waals surface area contributed by atoms with Crippen LogP contribution in [0.25, 0.3) is 0 Å². The van der Waals surface area contributed by atoms with Crippen molar-refractivity contribution in [2.24, 2.45) is 0 Å². The van der Waals surface area contributed by atoms with Gasteiger partial charge in [-0.1, -0.05) is 13.8 Å². The van der Waals surface area contributed by atoms with Gasteiger partial charge in [0.25, 0.3) is 0 Å². The molecule has 0 aliphatic heterocycles. The zero-order valence-corrected chi connectivity index (χ0v) is 7.87. The molecule has 2 rings (SSSR count). The molecule has 0 amide bonds. The summed E-state index contributed by atoms with van der Waals surface area (Å²) >= 11 is 1.91. The Labute approximate surface area is 71.5 Å². The third kappa shape index (κ3) is 1.09. The van der Waals surface area contributed by atoms with E-state index in [-0.39, 0.29) is 0 Å². The molecule has 0 saturated carbocycles. The average Bonchev–Trinajstić information content (AvgIpc) is 2.53. The fourth-order valence-corrected chi connectivity index (χ4v) is 2.76. The van der Waals surface area contributed by atoms with Crippen molar-refractivity contribution in [2.45, 2.75) is 39.0 Å². The van der Waals surface area contributed by atoms with E-state index in [1.54, 1.807) is 4.88 Å². The Morgan fingerprint density at radius 1 is 1.64 bits per heavy atom. The maximum Gasteiger partial charge on any atom is 0.0928 e. The highest BCUT2D eigenvalue weighted by Crippen LogP contribution is 2.35. The maximum absolute atomic E-state index is 4.61. The SMILES string of the molecule is CCc1nc2c(s1)CCC2C. The van der Waals surface area contributed by atoms with Gasteiger partial charge in [0.05, 0.1) is 10.7 Å². The molecule has 0 spiro atoms. The molecule has 1 atom stereocenters. The minimum absolute atomic E-state index is 0.724. The van der Waals surface area contributed by atoms with Crippen LogP contribution in [0.5, 0.6) is 0 Å². The van der Waals surface area contributed by atoms with Crippen LogP contribution in [0.3, 0.4) is 0 Å². The lowest BCUT2D eigenvalue weighted by atomic mass is 10.1. The Hall–Kier alpha value is -0.370. The summed E-state index contributed by atoms with van der Waals surface area (Å²) < 4.78 is 0. The predicted octanol–water partition coefficient (Wildman–Crippen LogP) is 2.76. The van der Waals surface area contributed by atoms with Crippen LogP contribution in [-0.4, -0.2) is 4.98 Å². The Balaban J connectivity index is 2.38. The highest BCUT2D eigenvalue weighted by Gasteiger charge is 2.22. The quantitative estimate of drug-likeness (QED) is 0.626. The van der Waals surface area contributed by atoms with Crippen LogP contribution in [0.2, 0.25) is 0 Å². The third-order valence-corrected chi connectivity index (χ3v) is 3.62. The molecule has 0 saturated heterocycles. The van der Waals surface area contributed by atoms with Crippen LogP contribution in [0, 0.1) is 0 Å². The van der Waals surface area contributed by atoms with Crippen molar-refractivity contribution in [1.29, 1.82) is 0 Å². The van der Waals surface area contributed by atoms with Gasteiger partial charge in [0.2, 0.25) is 0 Å². The van der Waals surface area contributed by atoms with E-state index < -0.39 is 0 Å². The molecule has 0 bridgehead atoms. The van der Waals surface area contributed by atoms with Gasteiger partial charge in [-0.15, -0.1) is 11.3 Å². The molecular formula is C9H13NS. The normalized spacial score (nSPS) is 22.2. The Morgan fingerprint density at radius 3 is 3.09 bits per heavy atom. The first-order valence-electron chi connectivity index (χ1n) is 4.29. The molecule has 1 aromatic heterocycles. The largest absolute Gasteiger partial charge is 0.246 e. The van der Waals surface area contributed by atoms with E-state index in [2.05, 4.69) is 18.8 Å².